The zero-order chi connectivity index (χ0) is 16.3. The van der Waals surface area contributed by atoms with Crippen LogP contribution in [0.3, 0.4) is 0 Å². The molecular weight excluding hydrogens is 307 g/mol. The Kier molecular flexibility index (Phi) is 4.75. The van der Waals surface area contributed by atoms with Gasteiger partial charge in [-0.05, 0) is 35.3 Å². The molecule has 8 nitrogen and oxygen atoms in total. The van der Waals surface area contributed by atoms with E-state index in [1.807, 2.05) is 0 Å². The van der Waals surface area contributed by atoms with Gasteiger partial charge in [0.15, 0.2) is 0 Å². The van der Waals surface area contributed by atoms with Crippen molar-refractivity contribution in [3.8, 4) is 5.75 Å². The van der Waals surface area contributed by atoms with Crippen LogP contribution in [0.15, 0.2) is 24.3 Å². The molecule has 1 aliphatic heterocycles. The lowest BCUT2D eigenvalue weighted by molar-refractivity contribution is -0.136. The number of nitrogens with zero attached hydrogens (tertiary/aromatic N) is 1. The molecule has 22 heavy (non-hydrogen) atoms. The Hall–Kier alpha value is -2.02. The van der Waals surface area contributed by atoms with E-state index in [4.69, 9.17) is 16.3 Å². The van der Waals surface area contributed by atoms with Gasteiger partial charge in [0.2, 0.25) is 0 Å². The second kappa shape index (κ2) is 6.39. The Balaban J connectivity index is 2.10. The molecule has 1 heterocycles. The van der Waals surface area contributed by atoms with Crippen molar-refractivity contribution in [1.29, 1.82) is 0 Å². The normalized spacial score (nSPS) is 22.2. The van der Waals surface area contributed by atoms with Gasteiger partial charge in [0.1, 0.15) is 5.75 Å². The maximum Gasteiger partial charge on any atom is 0.495 e. The molecule has 118 valence electrons. The van der Waals surface area contributed by atoms with Gasteiger partial charge < -0.3 is 4.74 Å². The summed E-state index contributed by atoms with van der Waals surface area (Å²) in [6.07, 6.45) is 0.732. The summed E-state index contributed by atoms with van der Waals surface area (Å²) in [6, 6.07) is 6.26. The summed E-state index contributed by atoms with van der Waals surface area (Å²) in [6.45, 7) is 0.355. The highest BCUT2D eigenvalue weighted by atomic mass is 31.1. The van der Waals surface area contributed by atoms with E-state index in [1.165, 1.54) is 19.2 Å². The number of piperidine rings is 1. The third kappa shape index (κ3) is 3.09. The quantitative estimate of drug-likeness (QED) is 0.415. The molecule has 0 aliphatic carbocycles. The molecule has 2 unspecified atom stereocenters. The highest BCUT2D eigenvalue weighted by Gasteiger charge is 2.57. The number of nitrogens with two attached hydrogens (primary N) is 2. The van der Waals surface area contributed by atoms with Crippen LogP contribution in [0.4, 0.5) is 0 Å². The molecule has 0 radical (unpaired) electrons. The molecule has 5 N–H and O–H groups in total. The molecule has 1 saturated heterocycles. The van der Waals surface area contributed by atoms with Gasteiger partial charge >= 0.3 is 19.1 Å². The fourth-order valence-electron chi connectivity index (χ4n) is 2.16. The lowest BCUT2D eigenvalue weighted by Crippen LogP contribution is -2.60. The van der Waals surface area contributed by atoms with E-state index in [1.54, 1.807) is 12.1 Å². The Morgan fingerprint density at radius 1 is 1.41 bits per heavy atom. The van der Waals surface area contributed by atoms with Crippen molar-refractivity contribution < 1.29 is 18.9 Å². The van der Waals surface area contributed by atoms with Gasteiger partial charge in [-0.2, -0.15) is 0 Å². The predicted octanol–water partition coefficient (Wildman–Crippen LogP) is 0.319. The van der Waals surface area contributed by atoms with Crippen molar-refractivity contribution in [2.75, 3.05) is 13.7 Å². The van der Waals surface area contributed by atoms with Crippen LogP contribution >= 0.6 is 7.95 Å². The van der Waals surface area contributed by atoms with Gasteiger partial charge in [0.05, 0.1) is 7.11 Å². The number of benzene rings is 1. The summed E-state index contributed by atoms with van der Waals surface area (Å²) in [7, 11) is -0.984. The van der Waals surface area contributed by atoms with Crippen LogP contribution in [-0.4, -0.2) is 35.8 Å². The van der Waals surface area contributed by atoms with Crippen LogP contribution in [0.2, 0.25) is 0 Å². The van der Waals surface area contributed by atoms with Gasteiger partial charge in [-0.3, -0.25) is 20.3 Å². The zero-order valence-corrected chi connectivity index (χ0v) is 13.0. The van der Waals surface area contributed by atoms with Crippen LogP contribution in [0.1, 0.15) is 23.2 Å². The van der Waals surface area contributed by atoms with Crippen molar-refractivity contribution >= 4 is 19.8 Å². The maximum absolute atomic E-state index is 12.3. The Bertz CT molecular complexity index is 607. The molecule has 0 saturated carbocycles. The first-order chi connectivity index (χ1) is 10.4. The predicted molar refractivity (Wildman–Crippen MR) is 80.1 cm³/mol. The number of hydrazine groups is 1. The number of carbonyl (C=O) groups excluding carboxylic acids is 2. The number of hydrogen-bond acceptors (Lipinski definition) is 6. The molecule has 1 aromatic carbocycles. The first-order valence-corrected chi connectivity index (χ1v) is 7.92. The third-order valence-corrected chi connectivity index (χ3v) is 5.05. The SMILES string of the molecule is COc1ccc(C(=O)N[P+](=O)C2(N)CCCN(N)C2=O)cc1. The molecule has 0 aromatic heterocycles. The number of methoxy groups -OCH3 is 1. The Morgan fingerprint density at radius 2 is 2.05 bits per heavy atom. The molecule has 9 heteroatoms. The van der Waals surface area contributed by atoms with Crippen LogP contribution in [0.5, 0.6) is 5.75 Å². The lowest BCUT2D eigenvalue weighted by atomic mass is 10.1. The van der Waals surface area contributed by atoms with E-state index in [-0.39, 0.29) is 6.42 Å². The molecule has 1 aromatic rings. The fourth-order valence-corrected chi connectivity index (χ4v) is 3.34. The first kappa shape index (κ1) is 16.4. The molecule has 1 fully saturated rings. The Morgan fingerprint density at radius 3 is 2.64 bits per heavy atom. The van der Waals surface area contributed by atoms with Crippen molar-refractivity contribution in [2.24, 2.45) is 11.6 Å². The van der Waals surface area contributed by atoms with E-state index in [0.717, 1.165) is 5.01 Å². The minimum atomic E-state index is -2.50. The molecule has 0 spiro atoms. The largest absolute Gasteiger partial charge is 0.497 e. The first-order valence-electron chi connectivity index (χ1n) is 6.66. The topological polar surface area (TPSA) is 128 Å². The summed E-state index contributed by atoms with van der Waals surface area (Å²) in [4.78, 5) is 24.1. The summed E-state index contributed by atoms with van der Waals surface area (Å²) >= 11 is 0. The molecular formula is C13H18N4O4P+. The summed E-state index contributed by atoms with van der Waals surface area (Å²) in [5, 5.41) is 1.57. The standard InChI is InChI=1S/C13H17N4O4P/c1-21-10-5-3-9(4-6-10)11(18)16-22(20)13(14)7-2-8-17(15)12(13)19/h3-6H,2,7-8,14-15H2,1H3/p+1. The number of hydrogen-bond donors (Lipinski definition) is 3. The molecule has 2 atom stereocenters. The van der Waals surface area contributed by atoms with Gasteiger partial charge in [-0.15, -0.1) is 5.09 Å². The summed E-state index contributed by atoms with van der Waals surface area (Å²) in [5.74, 6) is 4.91. The molecule has 2 amide bonds. The smallest absolute Gasteiger partial charge is 0.495 e. The van der Waals surface area contributed by atoms with E-state index >= 15 is 0 Å². The van der Waals surface area contributed by atoms with Crippen molar-refractivity contribution in [3.63, 3.8) is 0 Å². The minimum Gasteiger partial charge on any atom is -0.497 e. The third-order valence-electron chi connectivity index (χ3n) is 3.51. The average Bonchev–Trinajstić information content (AvgIpc) is 2.52. The maximum atomic E-state index is 12.3. The van der Waals surface area contributed by atoms with E-state index < -0.39 is 25.0 Å². The monoisotopic (exact) mass is 325 g/mol. The van der Waals surface area contributed by atoms with Crippen LogP contribution in [0.25, 0.3) is 0 Å². The van der Waals surface area contributed by atoms with Gasteiger partial charge in [0.25, 0.3) is 5.91 Å². The van der Waals surface area contributed by atoms with Gasteiger partial charge in [-0.25, -0.2) is 5.84 Å². The van der Waals surface area contributed by atoms with E-state index in [9.17, 15) is 14.2 Å². The van der Waals surface area contributed by atoms with E-state index in [0.29, 0.717) is 24.3 Å². The van der Waals surface area contributed by atoms with Crippen LogP contribution in [0, 0.1) is 0 Å². The van der Waals surface area contributed by atoms with E-state index in [2.05, 4.69) is 5.09 Å². The van der Waals surface area contributed by atoms with Crippen molar-refractivity contribution in [1.82, 2.24) is 10.1 Å². The Labute approximate surface area is 128 Å². The average molecular weight is 325 g/mol. The number of nitrogens with one attached hydrogen (secondary N) is 1. The number of carbonyl (C=O) groups is 2. The lowest BCUT2D eigenvalue weighted by Gasteiger charge is -2.28. The van der Waals surface area contributed by atoms with Gasteiger partial charge in [0, 0.05) is 18.5 Å². The minimum absolute atomic E-state index is 0.206. The van der Waals surface area contributed by atoms with Crippen LogP contribution < -0.4 is 21.4 Å². The highest BCUT2D eigenvalue weighted by Crippen LogP contribution is 2.38. The van der Waals surface area contributed by atoms with Crippen molar-refractivity contribution in [3.05, 3.63) is 29.8 Å². The fraction of sp³-hybridized carbons (Fsp3) is 0.385. The molecule has 1 aliphatic rings. The molecule has 0 bridgehead atoms. The number of amides is 2. The summed E-state index contributed by atoms with van der Waals surface area (Å²) in [5.41, 5.74) is 6.21. The zero-order valence-electron chi connectivity index (χ0n) is 12.1. The number of ether oxygens (including phenoxy) is 1. The van der Waals surface area contributed by atoms with Crippen LogP contribution in [-0.2, 0) is 9.36 Å². The van der Waals surface area contributed by atoms with Gasteiger partial charge in [-0.1, -0.05) is 0 Å². The number of rotatable bonds is 4. The second-order valence-corrected chi connectivity index (χ2v) is 6.60. The highest BCUT2D eigenvalue weighted by molar-refractivity contribution is 7.46. The second-order valence-electron chi connectivity index (χ2n) is 4.99. The van der Waals surface area contributed by atoms with Crippen molar-refractivity contribution in [2.45, 2.75) is 18.1 Å². The summed E-state index contributed by atoms with van der Waals surface area (Å²) < 4.78 is 17.3. The molecule has 2 rings (SSSR count).